The van der Waals surface area contributed by atoms with Crippen molar-refractivity contribution in [3.63, 3.8) is 0 Å². The predicted octanol–water partition coefficient (Wildman–Crippen LogP) is 3.72. The van der Waals surface area contributed by atoms with Gasteiger partial charge in [0.15, 0.2) is 0 Å². The highest BCUT2D eigenvalue weighted by Crippen LogP contribution is 2.26. The molecule has 2 aromatic carbocycles. The maximum atomic E-state index is 13.0. The maximum absolute atomic E-state index is 13.0. The summed E-state index contributed by atoms with van der Waals surface area (Å²) >= 11 is 0. The van der Waals surface area contributed by atoms with E-state index in [4.69, 9.17) is 0 Å². The van der Waals surface area contributed by atoms with Gasteiger partial charge < -0.3 is 4.90 Å². The lowest BCUT2D eigenvalue weighted by Crippen LogP contribution is -2.32. The Kier molecular flexibility index (Phi) is 6.17. The molecule has 29 heavy (non-hydrogen) atoms. The Morgan fingerprint density at radius 2 is 1.72 bits per heavy atom. The number of hydrogen-bond acceptors (Lipinski definition) is 5. The van der Waals surface area contributed by atoms with Crippen molar-refractivity contribution in [2.45, 2.75) is 37.5 Å². The number of rotatable bonds is 5. The van der Waals surface area contributed by atoms with E-state index < -0.39 is 14.9 Å². The first-order valence-corrected chi connectivity index (χ1v) is 10.9. The molecule has 1 aliphatic rings. The third-order valence-corrected chi connectivity index (χ3v) is 6.35. The number of nitrogens with one attached hydrogen (secondary N) is 1. The van der Waals surface area contributed by atoms with Gasteiger partial charge in [0.1, 0.15) is 0 Å². The van der Waals surface area contributed by atoms with E-state index in [2.05, 4.69) is 4.72 Å². The van der Waals surface area contributed by atoms with E-state index in [0.717, 1.165) is 31.7 Å². The molecule has 0 saturated carbocycles. The lowest BCUT2D eigenvalue weighted by molar-refractivity contribution is -0.385. The third-order valence-electron chi connectivity index (χ3n) is 4.98. The second-order valence-electron chi connectivity index (χ2n) is 7.06. The highest BCUT2D eigenvalue weighted by Gasteiger charge is 2.24. The molecular weight excluding hydrogens is 394 g/mol. The van der Waals surface area contributed by atoms with Crippen LogP contribution < -0.4 is 4.72 Å². The van der Waals surface area contributed by atoms with Crippen LogP contribution in [0.5, 0.6) is 0 Å². The van der Waals surface area contributed by atoms with Crippen LogP contribution in [0.2, 0.25) is 0 Å². The molecule has 0 aliphatic carbocycles. The quantitative estimate of drug-likeness (QED) is 0.589. The summed E-state index contributed by atoms with van der Waals surface area (Å²) in [6.07, 6.45) is 3.99. The van der Waals surface area contributed by atoms with E-state index in [-0.39, 0.29) is 27.7 Å². The van der Waals surface area contributed by atoms with Gasteiger partial charge in [-0.25, -0.2) is 8.42 Å². The molecule has 1 fully saturated rings. The molecule has 8 nitrogen and oxygen atoms in total. The summed E-state index contributed by atoms with van der Waals surface area (Å²) in [6.45, 7) is 2.82. The smallest absolute Gasteiger partial charge is 0.273 e. The monoisotopic (exact) mass is 417 g/mol. The number of sulfonamides is 1. The summed E-state index contributed by atoms with van der Waals surface area (Å²) in [5, 5.41) is 11.1. The van der Waals surface area contributed by atoms with Crippen molar-refractivity contribution in [2.24, 2.45) is 0 Å². The van der Waals surface area contributed by atoms with Crippen molar-refractivity contribution in [3.05, 3.63) is 63.7 Å². The standard InChI is InChI=1S/C20H23N3O5S/c1-15-10-11-16(14-19(15)23(25)26)29(27,28)21-18-9-5-4-8-17(18)20(24)22-12-6-2-3-7-13-22/h4-5,8-11,14,21H,2-3,6-7,12-13H2,1H3. The van der Waals surface area contributed by atoms with E-state index in [1.165, 1.54) is 25.1 Å². The fourth-order valence-corrected chi connectivity index (χ4v) is 4.46. The number of aryl methyl sites for hydroxylation is 1. The van der Waals surface area contributed by atoms with E-state index in [1.807, 2.05) is 0 Å². The van der Waals surface area contributed by atoms with Gasteiger partial charge in [0.2, 0.25) is 0 Å². The fourth-order valence-electron chi connectivity index (χ4n) is 3.36. The van der Waals surface area contributed by atoms with Crippen LogP contribution in [0.1, 0.15) is 41.6 Å². The molecule has 1 heterocycles. The van der Waals surface area contributed by atoms with Gasteiger partial charge in [-0.3, -0.25) is 19.6 Å². The van der Waals surface area contributed by atoms with E-state index >= 15 is 0 Å². The summed E-state index contributed by atoms with van der Waals surface area (Å²) < 4.78 is 28.1. The normalized spacial score (nSPS) is 14.9. The average molecular weight is 417 g/mol. The molecule has 0 bridgehead atoms. The van der Waals surface area contributed by atoms with Crippen LogP contribution in [-0.2, 0) is 10.0 Å². The van der Waals surface area contributed by atoms with Crippen molar-refractivity contribution in [2.75, 3.05) is 17.8 Å². The Hall–Kier alpha value is -2.94. The lowest BCUT2D eigenvalue weighted by atomic mass is 10.1. The first-order valence-electron chi connectivity index (χ1n) is 9.46. The van der Waals surface area contributed by atoms with Crippen molar-refractivity contribution in [3.8, 4) is 0 Å². The second-order valence-corrected chi connectivity index (χ2v) is 8.75. The van der Waals surface area contributed by atoms with Crippen LogP contribution in [0.15, 0.2) is 47.4 Å². The van der Waals surface area contributed by atoms with Gasteiger partial charge in [0, 0.05) is 24.7 Å². The molecule has 2 aromatic rings. The third kappa shape index (κ3) is 4.73. The topological polar surface area (TPSA) is 110 Å². The summed E-state index contributed by atoms with van der Waals surface area (Å²) in [5.41, 5.74) is 0.511. The second kappa shape index (κ2) is 8.60. The van der Waals surface area contributed by atoms with Gasteiger partial charge in [-0.1, -0.05) is 31.0 Å². The van der Waals surface area contributed by atoms with Crippen LogP contribution in [0.3, 0.4) is 0 Å². The highest BCUT2D eigenvalue weighted by atomic mass is 32.2. The number of benzene rings is 2. The molecular formula is C20H23N3O5S. The molecule has 154 valence electrons. The van der Waals surface area contributed by atoms with Gasteiger partial charge >= 0.3 is 0 Å². The molecule has 1 saturated heterocycles. The molecule has 9 heteroatoms. The number of carbonyl (C=O) groups is 1. The van der Waals surface area contributed by atoms with E-state index in [9.17, 15) is 23.3 Å². The minimum atomic E-state index is -4.11. The van der Waals surface area contributed by atoms with Crippen LogP contribution >= 0.6 is 0 Å². The van der Waals surface area contributed by atoms with Crippen molar-refractivity contribution < 1.29 is 18.1 Å². The Morgan fingerprint density at radius 1 is 1.07 bits per heavy atom. The number of para-hydroxylation sites is 1. The predicted molar refractivity (Wildman–Crippen MR) is 109 cm³/mol. The maximum Gasteiger partial charge on any atom is 0.273 e. The summed E-state index contributed by atoms with van der Waals surface area (Å²) in [5.74, 6) is -0.222. The first-order chi connectivity index (χ1) is 13.8. The van der Waals surface area contributed by atoms with Crippen molar-refractivity contribution in [1.29, 1.82) is 0 Å². The number of nitro groups is 1. The number of hydrogen-bond donors (Lipinski definition) is 1. The minimum Gasteiger partial charge on any atom is -0.339 e. The van der Waals surface area contributed by atoms with E-state index in [1.54, 1.807) is 23.1 Å². The summed E-state index contributed by atoms with van der Waals surface area (Å²) in [7, 11) is -4.11. The van der Waals surface area contributed by atoms with Gasteiger partial charge in [-0.15, -0.1) is 0 Å². The van der Waals surface area contributed by atoms with Gasteiger partial charge in [-0.05, 0) is 38.0 Å². The molecule has 0 aromatic heterocycles. The molecule has 1 aliphatic heterocycles. The zero-order chi connectivity index (χ0) is 21.0. The molecule has 1 N–H and O–H groups in total. The first kappa shape index (κ1) is 20.8. The number of anilines is 1. The highest BCUT2D eigenvalue weighted by molar-refractivity contribution is 7.92. The number of nitro benzene ring substituents is 1. The van der Waals surface area contributed by atoms with Crippen LogP contribution in [0, 0.1) is 17.0 Å². The van der Waals surface area contributed by atoms with Crippen molar-refractivity contribution in [1.82, 2.24) is 4.90 Å². The Bertz CT molecular complexity index is 1030. The molecule has 0 radical (unpaired) electrons. The van der Waals surface area contributed by atoms with Gasteiger partial charge in [0.05, 0.1) is 21.1 Å². The van der Waals surface area contributed by atoms with E-state index in [0.29, 0.717) is 18.7 Å². The van der Waals surface area contributed by atoms with Crippen molar-refractivity contribution >= 4 is 27.3 Å². The average Bonchev–Trinajstić information content (AvgIpc) is 2.97. The minimum absolute atomic E-state index is 0.157. The van der Waals surface area contributed by atoms with Crippen LogP contribution in [-0.4, -0.2) is 37.2 Å². The van der Waals surface area contributed by atoms with Crippen LogP contribution in [0.4, 0.5) is 11.4 Å². The number of carbonyl (C=O) groups excluding carboxylic acids is 1. The van der Waals surface area contributed by atoms with Gasteiger partial charge in [0.25, 0.3) is 21.6 Å². The SMILES string of the molecule is Cc1ccc(S(=O)(=O)Nc2ccccc2C(=O)N2CCCCCC2)cc1[N+](=O)[O-]. The largest absolute Gasteiger partial charge is 0.339 e. The zero-order valence-corrected chi connectivity index (χ0v) is 16.9. The van der Waals surface area contributed by atoms with Crippen LogP contribution in [0.25, 0.3) is 0 Å². The molecule has 3 rings (SSSR count). The van der Waals surface area contributed by atoms with Gasteiger partial charge in [-0.2, -0.15) is 0 Å². The summed E-state index contributed by atoms with van der Waals surface area (Å²) in [6, 6.07) is 10.1. The molecule has 0 atom stereocenters. The Balaban J connectivity index is 1.91. The zero-order valence-electron chi connectivity index (χ0n) is 16.1. The number of likely N-dealkylation sites (tertiary alicyclic amines) is 1. The number of amides is 1. The lowest BCUT2D eigenvalue weighted by Gasteiger charge is -2.22. The molecule has 1 amide bonds. The Labute approximate surface area is 169 Å². The number of nitrogens with zero attached hydrogens (tertiary/aromatic N) is 2. The Morgan fingerprint density at radius 3 is 2.38 bits per heavy atom. The fraction of sp³-hybridized carbons (Fsp3) is 0.350. The summed E-state index contributed by atoms with van der Waals surface area (Å²) in [4.78, 5) is 25.0. The molecule has 0 spiro atoms. The molecule has 0 unspecified atom stereocenters.